The highest BCUT2D eigenvalue weighted by Gasteiger charge is 2.31. The molecular formula is C9H18N2O2. The fraction of sp³-hybridized carbons (Fsp3) is 0.889. The first-order chi connectivity index (χ1) is 6.04. The molecule has 13 heavy (non-hydrogen) atoms. The maximum Gasteiger partial charge on any atom is 0.239 e. The van der Waals surface area contributed by atoms with Gasteiger partial charge in [0.15, 0.2) is 0 Å². The van der Waals surface area contributed by atoms with Crippen molar-refractivity contribution in [1.29, 1.82) is 0 Å². The van der Waals surface area contributed by atoms with Crippen molar-refractivity contribution >= 4 is 5.91 Å². The van der Waals surface area contributed by atoms with Crippen LogP contribution < -0.4 is 5.73 Å². The third-order valence-electron chi connectivity index (χ3n) is 2.57. The summed E-state index contributed by atoms with van der Waals surface area (Å²) >= 11 is 0. The molecule has 0 aromatic carbocycles. The molecule has 76 valence electrons. The van der Waals surface area contributed by atoms with E-state index in [0.29, 0.717) is 0 Å². The summed E-state index contributed by atoms with van der Waals surface area (Å²) in [7, 11) is 1.79. The molecule has 4 heteroatoms. The van der Waals surface area contributed by atoms with Gasteiger partial charge in [-0.3, -0.25) is 4.79 Å². The fourth-order valence-electron chi connectivity index (χ4n) is 1.71. The van der Waals surface area contributed by atoms with Crippen LogP contribution in [0.1, 0.15) is 20.3 Å². The van der Waals surface area contributed by atoms with Crippen LogP contribution in [0.5, 0.6) is 0 Å². The third kappa shape index (κ3) is 2.19. The number of carbonyl (C=O) groups excluding carboxylic acids is 1. The molecule has 1 heterocycles. The lowest BCUT2D eigenvalue weighted by Gasteiger charge is -2.28. The van der Waals surface area contributed by atoms with Crippen molar-refractivity contribution in [2.75, 3.05) is 13.7 Å². The van der Waals surface area contributed by atoms with Gasteiger partial charge in [0.2, 0.25) is 5.91 Å². The summed E-state index contributed by atoms with van der Waals surface area (Å²) in [6, 6.07) is -0.226. The van der Waals surface area contributed by atoms with E-state index in [9.17, 15) is 4.79 Å². The number of amides is 1. The number of nitrogens with two attached hydrogens (primary N) is 1. The van der Waals surface area contributed by atoms with E-state index >= 15 is 0 Å². The number of hydrogen-bond donors (Lipinski definition) is 1. The minimum Gasteiger partial charge on any atom is -0.376 e. The van der Waals surface area contributed by atoms with Crippen LogP contribution in [0.15, 0.2) is 0 Å². The second kappa shape index (κ2) is 4.07. The van der Waals surface area contributed by atoms with Crippen LogP contribution >= 0.6 is 0 Å². The summed E-state index contributed by atoms with van der Waals surface area (Å²) in [6.07, 6.45) is 1.04. The molecule has 0 aliphatic carbocycles. The molecule has 1 aliphatic heterocycles. The van der Waals surface area contributed by atoms with Gasteiger partial charge in [-0.05, 0) is 20.3 Å². The topological polar surface area (TPSA) is 55.6 Å². The molecule has 0 aromatic rings. The van der Waals surface area contributed by atoms with Gasteiger partial charge in [0.25, 0.3) is 0 Å². The molecule has 0 aromatic heterocycles. The van der Waals surface area contributed by atoms with Crippen LogP contribution in [0.2, 0.25) is 0 Å². The fourth-order valence-corrected chi connectivity index (χ4v) is 1.71. The van der Waals surface area contributed by atoms with E-state index in [0.717, 1.165) is 13.0 Å². The Hall–Kier alpha value is -0.610. The predicted octanol–water partition coefficient (Wildman–Crippen LogP) is -0.0306. The van der Waals surface area contributed by atoms with Crippen LogP contribution in [-0.4, -0.2) is 42.6 Å². The molecule has 2 N–H and O–H groups in total. The molecule has 0 bridgehead atoms. The number of hydrogen-bond acceptors (Lipinski definition) is 3. The zero-order chi connectivity index (χ0) is 10.0. The number of likely N-dealkylation sites (N-methyl/N-ethyl adjacent to an activating group) is 1. The van der Waals surface area contributed by atoms with Crippen molar-refractivity contribution in [3.8, 4) is 0 Å². The number of ether oxygens (including phenoxy) is 1. The van der Waals surface area contributed by atoms with Gasteiger partial charge in [-0.25, -0.2) is 0 Å². The molecule has 0 radical (unpaired) electrons. The largest absolute Gasteiger partial charge is 0.376 e. The molecule has 1 rings (SSSR count). The van der Waals surface area contributed by atoms with Crippen molar-refractivity contribution in [1.82, 2.24) is 4.90 Å². The quantitative estimate of drug-likeness (QED) is 0.659. The molecular weight excluding hydrogens is 168 g/mol. The molecule has 3 atom stereocenters. The summed E-state index contributed by atoms with van der Waals surface area (Å²) in [4.78, 5) is 13.2. The van der Waals surface area contributed by atoms with E-state index in [-0.39, 0.29) is 18.1 Å². The highest BCUT2D eigenvalue weighted by atomic mass is 16.5. The highest BCUT2D eigenvalue weighted by Crippen LogP contribution is 2.18. The van der Waals surface area contributed by atoms with Crippen LogP contribution in [0.25, 0.3) is 0 Å². The second-order valence-corrected chi connectivity index (χ2v) is 3.67. The zero-order valence-electron chi connectivity index (χ0n) is 8.49. The maximum atomic E-state index is 11.5. The lowest BCUT2D eigenvalue weighted by Crippen LogP contribution is -2.47. The predicted molar refractivity (Wildman–Crippen MR) is 50.2 cm³/mol. The normalized spacial score (nSPS) is 30.2. The molecule has 1 aliphatic rings. The Balaban J connectivity index is 2.56. The second-order valence-electron chi connectivity index (χ2n) is 3.67. The van der Waals surface area contributed by atoms with E-state index in [2.05, 4.69) is 0 Å². The van der Waals surface area contributed by atoms with Crippen molar-refractivity contribution in [2.45, 2.75) is 38.5 Å². The molecule has 0 spiro atoms. The Labute approximate surface area is 79.0 Å². The molecule has 4 nitrogen and oxygen atoms in total. The number of nitrogens with zero attached hydrogens (tertiary/aromatic N) is 1. The minimum absolute atomic E-state index is 0.0117. The van der Waals surface area contributed by atoms with E-state index in [1.807, 2.05) is 6.92 Å². The van der Waals surface area contributed by atoms with Crippen LogP contribution in [0, 0.1) is 0 Å². The monoisotopic (exact) mass is 186 g/mol. The van der Waals surface area contributed by atoms with Gasteiger partial charge >= 0.3 is 0 Å². The first kappa shape index (κ1) is 10.5. The summed E-state index contributed by atoms with van der Waals surface area (Å²) in [5.41, 5.74) is 5.52. The Bertz CT molecular complexity index is 194. The molecule has 1 fully saturated rings. The Morgan fingerprint density at radius 2 is 2.31 bits per heavy atom. The van der Waals surface area contributed by atoms with Gasteiger partial charge in [0.05, 0.1) is 18.2 Å². The van der Waals surface area contributed by atoms with Gasteiger partial charge in [0.1, 0.15) is 0 Å². The van der Waals surface area contributed by atoms with Crippen LogP contribution in [0.4, 0.5) is 0 Å². The van der Waals surface area contributed by atoms with Crippen molar-refractivity contribution in [3.05, 3.63) is 0 Å². The number of carbonyl (C=O) groups is 1. The standard InChI is InChI=1S/C9H18N2O2/c1-6(10)9(12)11(3)8-4-5-13-7(8)2/h6-8H,4-5,10H2,1-3H3/t6-,7?,8?/m1/s1. The SMILES string of the molecule is CC1OCCC1N(C)C(=O)[C@@H](C)N. The Morgan fingerprint density at radius 1 is 1.69 bits per heavy atom. The van der Waals surface area contributed by atoms with E-state index in [1.54, 1.807) is 18.9 Å². The summed E-state index contributed by atoms with van der Waals surface area (Å²) < 4.78 is 5.38. The lowest BCUT2D eigenvalue weighted by molar-refractivity contribution is -0.133. The average molecular weight is 186 g/mol. The van der Waals surface area contributed by atoms with Crippen LogP contribution in [0.3, 0.4) is 0 Å². The maximum absolute atomic E-state index is 11.5. The minimum atomic E-state index is -0.419. The van der Waals surface area contributed by atoms with Crippen molar-refractivity contribution in [3.63, 3.8) is 0 Å². The third-order valence-corrected chi connectivity index (χ3v) is 2.57. The Morgan fingerprint density at radius 3 is 2.69 bits per heavy atom. The van der Waals surface area contributed by atoms with E-state index in [1.165, 1.54) is 0 Å². The van der Waals surface area contributed by atoms with Gasteiger partial charge in [-0.2, -0.15) is 0 Å². The highest BCUT2D eigenvalue weighted by molar-refractivity contribution is 5.81. The Kier molecular flexibility index (Phi) is 3.27. The number of rotatable bonds is 2. The smallest absolute Gasteiger partial charge is 0.239 e. The first-order valence-corrected chi connectivity index (χ1v) is 4.68. The van der Waals surface area contributed by atoms with Gasteiger partial charge in [-0.1, -0.05) is 0 Å². The van der Waals surface area contributed by atoms with Gasteiger partial charge < -0.3 is 15.4 Å². The zero-order valence-corrected chi connectivity index (χ0v) is 8.49. The van der Waals surface area contributed by atoms with E-state index in [4.69, 9.17) is 10.5 Å². The van der Waals surface area contributed by atoms with Crippen molar-refractivity contribution < 1.29 is 9.53 Å². The van der Waals surface area contributed by atoms with E-state index < -0.39 is 6.04 Å². The van der Waals surface area contributed by atoms with Gasteiger partial charge in [0, 0.05) is 13.7 Å². The average Bonchev–Trinajstić information content (AvgIpc) is 2.48. The van der Waals surface area contributed by atoms with Crippen molar-refractivity contribution in [2.24, 2.45) is 5.73 Å². The molecule has 2 unspecified atom stereocenters. The summed E-state index contributed by atoms with van der Waals surface area (Å²) in [5, 5.41) is 0. The van der Waals surface area contributed by atoms with Gasteiger partial charge in [-0.15, -0.1) is 0 Å². The molecule has 1 saturated heterocycles. The first-order valence-electron chi connectivity index (χ1n) is 4.68. The molecule has 1 amide bonds. The van der Waals surface area contributed by atoms with Crippen LogP contribution in [-0.2, 0) is 9.53 Å². The molecule has 0 saturated carbocycles. The summed E-state index contributed by atoms with van der Waals surface area (Å²) in [6.45, 7) is 4.43. The lowest BCUT2D eigenvalue weighted by atomic mass is 10.1. The summed E-state index contributed by atoms with van der Waals surface area (Å²) in [5.74, 6) is -0.0117.